The minimum Gasteiger partial charge on any atom is -0.444 e. The van der Waals surface area contributed by atoms with Crippen molar-refractivity contribution in [2.45, 2.75) is 58.5 Å². The van der Waals surface area contributed by atoms with Crippen LogP contribution in [0.25, 0.3) is 6.08 Å². The van der Waals surface area contributed by atoms with Crippen LogP contribution in [-0.2, 0) is 4.74 Å². The third-order valence-corrected chi connectivity index (χ3v) is 6.47. The molecule has 0 aliphatic carbocycles. The first kappa shape index (κ1) is 29.8. The molecule has 2 heterocycles. The molecule has 1 aromatic heterocycles. The minimum atomic E-state index is -0.475. The number of piperidine rings is 1. The first-order valence-corrected chi connectivity index (χ1v) is 13.5. The van der Waals surface area contributed by atoms with Crippen molar-refractivity contribution in [2.75, 3.05) is 25.4 Å². The van der Waals surface area contributed by atoms with Gasteiger partial charge in [-0.2, -0.15) is 0 Å². The summed E-state index contributed by atoms with van der Waals surface area (Å²) in [5, 5.41) is 5.47. The first-order valence-electron chi connectivity index (χ1n) is 12.6. The van der Waals surface area contributed by atoms with Gasteiger partial charge in [0.25, 0.3) is 5.91 Å². The van der Waals surface area contributed by atoms with Crippen LogP contribution in [0.3, 0.4) is 0 Å². The van der Waals surface area contributed by atoms with Gasteiger partial charge in [0.05, 0.1) is 5.01 Å². The van der Waals surface area contributed by atoms with Gasteiger partial charge in [-0.15, -0.1) is 17.9 Å². The van der Waals surface area contributed by atoms with Crippen LogP contribution in [0, 0.1) is 0 Å². The first-order chi connectivity index (χ1) is 17.6. The van der Waals surface area contributed by atoms with Gasteiger partial charge in [-0.05, 0) is 58.6 Å². The molecule has 0 unspecified atom stereocenters. The Balaban J connectivity index is 0.000000312. The topological polar surface area (TPSA) is 97.6 Å². The molecule has 1 aliphatic heterocycles. The van der Waals surface area contributed by atoms with E-state index in [1.54, 1.807) is 16.4 Å². The van der Waals surface area contributed by atoms with Crippen molar-refractivity contribution < 1.29 is 14.3 Å². The number of allylic oxidation sites excluding steroid dienone is 3. The number of rotatable bonds is 7. The molecule has 3 N–H and O–H groups in total. The van der Waals surface area contributed by atoms with Crippen LogP contribution in [0.2, 0.25) is 0 Å². The molecule has 0 saturated carbocycles. The number of aromatic nitrogens is 1. The van der Waals surface area contributed by atoms with Crippen LogP contribution < -0.4 is 11.1 Å². The second-order valence-electron chi connectivity index (χ2n) is 9.65. The number of ether oxygens (including phenoxy) is 1. The third kappa shape index (κ3) is 10.6. The number of hydrogen-bond donors (Lipinski definition) is 2. The second kappa shape index (κ2) is 15.0. The quantitative estimate of drug-likeness (QED) is 0.322. The number of anilines is 1. The van der Waals surface area contributed by atoms with Gasteiger partial charge >= 0.3 is 6.09 Å². The SMILES string of the molecule is C/C=C\C/C=C/c1ccccc1N.C=CCNC(=O)c1csc(C2CCN(C(=O)OC(C)(C)C)CC2)n1. The number of nitrogens with two attached hydrogens (primary N) is 1. The zero-order valence-electron chi connectivity index (χ0n) is 22.4. The fourth-order valence-electron chi connectivity index (χ4n) is 3.54. The van der Waals surface area contributed by atoms with Crippen molar-refractivity contribution in [1.29, 1.82) is 0 Å². The zero-order valence-corrected chi connectivity index (χ0v) is 23.2. The number of benzene rings is 1. The molecular formula is C29H40N4O3S. The monoisotopic (exact) mass is 524 g/mol. The van der Waals surface area contributed by atoms with Gasteiger partial charge in [-0.1, -0.05) is 48.6 Å². The van der Waals surface area contributed by atoms with Gasteiger partial charge in [0, 0.05) is 36.6 Å². The van der Waals surface area contributed by atoms with Crippen LogP contribution in [0.5, 0.6) is 0 Å². The highest BCUT2D eigenvalue weighted by molar-refractivity contribution is 7.09. The van der Waals surface area contributed by atoms with E-state index >= 15 is 0 Å². The molecule has 3 rings (SSSR count). The molecule has 8 heteroatoms. The van der Waals surface area contributed by atoms with Gasteiger partial charge in [0.1, 0.15) is 11.3 Å². The van der Waals surface area contributed by atoms with Gasteiger partial charge in [-0.25, -0.2) is 9.78 Å². The Morgan fingerprint density at radius 2 is 1.95 bits per heavy atom. The highest BCUT2D eigenvalue weighted by atomic mass is 32.1. The molecule has 7 nitrogen and oxygen atoms in total. The molecule has 0 radical (unpaired) electrons. The number of amides is 2. The zero-order chi connectivity index (χ0) is 27.3. The van der Waals surface area contributed by atoms with E-state index < -0.39 is 5.60 Å². The summed E-state index contributed by atoms with van der Waals surface area (Å²) >= 11 is 1.51. The van der Waals surface area contributed by atoms with Crippen LogP contribution in [0.4, 0.5) is 10.5 Å². The van der Waals surface area contributed by atoms with E-state index in [0.29, 0.717) is 25.3 Å². The number of carbonyl (C=O) groups is 2. The molecule has 1 fully saturated rings. The van der Waals surface area contributed by atoms with Gasteiger partial charge in [-0.3, -0.25) is 4.79 Å². The Morgan fingerprint density at radius 3 is 2.57 bits per heavy atom. The van der Waals surface area contributed by atoms with Crippen molar-refractivity contribution in [2.24, 2.45) is 0 Å². The number of carbonyl (C=O) groups excluding carboxylic acids is 2. The Kier molecular flexibility index (Phi) is 12.1. The lowest BCUT2D eigenvalue weighted by molar-refractivity contribution is 0.0204. The van der Waals surface area contributed by atoms with E-state index in [0.717, 1.165) is 35.5 Å². The maximum Gasteiger partial charge on any atom is 0.410 e. The summed E-state index contributed by atoms with van der Waals surface area (Å²) in [5.74, 6) is 0.109. The maximum atomic E-state index is 12.1. The Bertz CT molecular complexity index is 1080. The summed E-state index contributed by atoms with van der Waals surface area (Å²) < 4.78 is 5.40. The van der Waals surface area contributed by atoms with Gasteiger partial charge < -0.3 is 20.7 Å². The molecule has 1 saturated heterocycles. The predicted molar refractivity (Wildman–Crippen MR) is 154 cm³/mol. The summed E-state index contributed by atoms with van der Waals surface area (Å²) in [6, 6.07) is 7.86. The van der Waals surface area contributed by atoms with E-state index in [1.165, 1.54) is 11.3 Å². The second-order valence-corrected chi connectivity index (χ2v) is 10.5. The average Bonchev–Trinajstić information content (AvgIpc) is 3.36. The molecule has 37 heavy (non-hydrogen) atoms. The van der Waals surface area contributed by atoms with E-state index in [4.69, 9.17) is 10.5 Å². The van der Waals surface area contributed by atoms with Crippen LogP contribution in [0.15, 0.2) is 60.5 Å². The van der Waals surface area contributed by atoms with Crippen molar-refractivity contribution in [3.8, 4) is 0 Å². The predicted octanol–water partition coefficient (Wildman–Crippen LogP) is 6.42. The largest absolute Gasteiger partial charge is 0.444 e. The molecule has 0 spiro atoms. The lowest BCUT2D eigenvalue weighted by Gasteiger charge is -2.32. The fraction of sp³-hybridized carbons (Fsp3) is 0.414. The number of hydrogen-bond acceptors (Lipinski definition) is 6. The minimum absolute atomic E-state index is 0.177. The number of nitrogens with one attached hydrogen (secondary N) is 1. The summed E-state index contributed by atoms with van der Waals surface area (Å²) in [4.78, 5) is 30.2. The molecule has 2 aromatic rings. The van der Waals surface area contributed by atoms with E-state index in [2.05, 4.69) is 35.1 Å². The number of thiazole rings is 1. The van der Waals surface area contributed by atoms with Crippen LogP contribution in [-0.4, -0.2) is 47.1 Å². The lowest BCUT2D eigenvalue weighted by Crippen LogP contribution is -2.41. The highest BCUT2D eigenvalue weighted by Gasteiger charge is 2.29. The summed E-state index contributed by atoms with van der Waals surface area (Å²) in [6.07, 6.45) is 12.3. The van der Waals surface area contributed by atoms with Crippen molar-refractivity contribution >= 4 is 35.1 Å². The maximum absolute atomic E-state index is 12.1. The molecular weight excluding hydrogens is 484 g/mol. The number of likely N-dealkylation sites (tertiary alicyclic amines) is 1. The molecule has 0 bridgehead atoms. The van der Waals surface area contributed by atoms with E-state index in [1.807, 2.05) is 58.0 Å². The van der Waals surface area contributed by atoms with Crippen molar-refractivity contribution in [3.05, 3.63) is 76.8 Å². The van der Waals surface area contributed by atoms with Gasteiger partial charge in [0.15, 0.2) is 0 Å². The third-order valence-electron chi connectivity index (χ3n) is 5.46. The summed E-state index contributed by atoms with van der Waals surface area (Å²) in [6.45, 7) is 12.9. The smallest absolute Gasteiger partial charge is 0.410 e. The Hall–Kier alpha value is -3.39. The van der Waals surface area contributed by atoms with Crippen molar-refractivity contribution in [1.82, 2.24) is 15.2 Å². The Morgan fingerprint density at radius 1 is 1.24 bits per heavy atom. The number of nitrogen functional groups attached to an aromatic ring is 1. The molecule has 2 amide bonds. The van der Waals surface area contributed by atoms with Gasteiger partial charge in [0.2, 0.25) is 0 Å². The number of nitrogens with zero attached hydrogens (tertiary/aromatic N) is 2. The molecule has 0 atom stereocenters. The summed E-state index contributed by atoms with van der Waals surface area (Å²) in [7, 11) is 0. The molecule has 200 valence electrons. The lowest BCUT2D eigenvalue weighted by atomic mass is 9.98. The fourth-order valence-corrected chi connectivity index (χ4v) is 4.51. The average molecular weight is 525 g/mol. The van der Waals surface area contributed by atoms with E-state index in [9.17, 15) is 9.59 Å². The standard InChI is InChI=1S/C17H25N3O3S.C12H15N/c1-5-8-18-14(21)13-11-24-15(19-13)12-6-9-20(10-7-12)16(22)23-17(2,3)4;1-2-3-4-5-8-11-9-6-7-10-12(11)13/h5,11-12H,1,6-10H2,2-4H3,(H,18,21);2-3,5-10H,4,13H2,1H3/b;3-2-,8-5+. The van der Waals surface area contributed by atoms with Crippen LogP contribution in [0.1, 0.15) is 73.9 Å². The van der Waals surface area contributed by atoms with E-state index in [-0.39, 0.29) is 17.9 Å². The van der Waals surface area contributed by atoms with Crippen LogP contribution >= 0.6 is 11.3 Å². The summed E-state index contributed by atoms with van der Waals surface area (Å²) in [5.41, 5.74) is 7.66. The molecule has 1 aromatic carbocycles. The molecule has 1 aliphatic rings. The number of para-hydroxylation sites is 1. The Labute approximate surface area is 225 Å². The normalized spacial score (nSPS) is 14.3. The highest BCUT2D eigenvalue weighted by Crippen LogP contribution is 2.31. The van der Waals surface area contributed by atoms with Crippen molar-refractivity contribution in [3.63, 3.8) is 0 Å².